The monoisotopic (exact) mass is 494 g/mol. The Labute approximate surface area is 208 Å². The normalized spacial score (nSPS) is 11.3. The fraction of sp³-hybridized carbons (Fsp3) is 0.360. The molecule has 35 heavy (non-hydrogen) atoms. The second-order valence-electron chi connectivity index (χ2n) is 8.19. The van der Waals surface area contributed by atoms with E-state index in [0.29, 0.717) is 42.4 Å². The molecule has 0 bridgehead atoms. The van der Waals surface area contributed by atoms with Crippen LogP contribution < -0.4 is 15.4 Å². The van der Waals surface area contributed by atoms with Gasteiger partial charge in [0.25, 0.3) is 5.91 Å². The molecule has 0 atom stereocenters. The van der Waals surface area contributed by atoms with E-state index < -0.39 is 0 Å². The third-order valence-corrected chi connectivity index (χ3v) is 6.02. The topological polar surface area (TPSA) is 103 Å². The molecule has 0 spiro atoms. The molecule has 0 radical (unpaired) electrons. The molecular formula is C25H30N6O3S. The Morgan fingerprint density at radius 3 is 2.74 bits per heavy atom. The summed E-state index contributed by atoms with van der Waals surface area (Å²) in [4.78, 5) is 21.7. The second kappa shape index (κ2) is 11.9. The average molecular weight is 495 g/mol. The molecule has 0 unspecified atom stereocenters. The molecule has 4 aromatic rings. The van der Waals surface area contributed by atoms with E-state index in [4.69, 9.17) is 14.5 Å². The summed E-state index contributed by atoms with van der Waals surface area (Å²) in [6, 6.07) is 13.8. The summed E-state index contributed by atoms with van der Waals surface area (Å²) in [7, 11) is 1.66. The summed E-state index contributed by atoms with van der Waals surface area (Å²) >= 11 is 1.59. The molecule has 184 valence electrons. The van der Waals surface area contributed by atoms with Crippen molar-refractivity contribution in [1.82, 2.24) is 25.1 Å². The zero-order valence-electron chi connectivity index (χ0n) is 20.2. The standard InChI is InChI=1S/C25H30N6O3S/c1-17(2)35-25-29-23(27-11-13-33-3)21-15-28-31(24(21)30-25)12-10-26-22(32)16-34-20-9-8-18-6-4-5-7-19(18)14-20/h4-9,14-15,17H,10-13,16H2,1-3H3,(H,26,32)(H,27,29,30). The summed E-state index contributed by atoms with van der Waals surface area (Å²) < 4.78 is 12.6. The van der Waals surface area contributed by atoms with Gasteiger partial charge in [0.2, 0.25) is 0 Å². The van der Waals surface area contributed by atoms with Crippen LogP contribution in [-0.4, -0.2) is 64.3 Å². The number of rotatable bonds is 12. The van der Waals surface area contributed by atoms with E-state index in [0.717, 1.165) is 27.6 Å². The number of benzene rings is 2. The number of anilines is 1. The predicted octanol–water partition coefficient (Wildman–Crippen LogP) is 3.73. The van der Waals surface area contributed by atoms with Crippen LogP contribution in [0.3, 0.4) is 0 Å². The Morgan fingerprint density at radius 2 is 1.94 bits per heavy atom. The van der Waals surface area contributed by atoms with Crippen molar-refractivity contribution in [3.63, 3.8) is 0 Å². The molecule has 0 saturated heterocycles. The first-order valence-electron chi connectivity index (χ1n) is 11.5. The van der Waals surface area contributed by atoms with Crippen molar-refractivity contribution in [2.45, 2.75) is 30.8 Å². The highest BCUT2D eigenvalue weighted by atomic mass is 32.2. The van der Waals surface area contributed by atoms with E-state index in [1.165, 1.54) is 0 Å². The molecule has 1 amide bonds. The molecule has 0 aliphatic heterocycles. The van der Waals surface area contributed by atoms with E-state index in [2.05, 4.69) is 34.6 Å². The molecule has 0 aliphatic carbocycles. The number of nitrogens with one attached hydrogen (secondary N) is 2. The van der Waals surface area contributed by atoms with Gasteiger partial charge in [0, 0.05) is 25.4 Å². The van der Waals surface area contributed by atoms with E-state index >= 15 is 0 Å². The number of amides is 1. The number of carbonyl (C=O) groups is 1. The average Bonchev–Trinajstić information content (AvgIpc) is 3.25. The van der Waals surface area contributed by atoms with Crippen LogP contribution in [0.15, 0.2) is 53.8 Å². The van der Waals surface area contributed by atoms with Crippen LogP contribution in [0, 0.1) is 0 Å². The van der Waals surface area contributed by atoms with Crippen LogP contribution in [-0.2, 0) is 16.1 Å². The van der Waals surface area contributed by atoms with Crippen molar-refractivity contribution in [3.8, 4) is 5.75 Å². The Hall–Kier alpha value is -3.37. The number of hydrogen-bond donors (Lipinski definition) is 2. The molecular weight excluding hydrogens is 464 g/mol. The summed E-state index contributed by atoms with van der Waals surface area (Å²) in [5.74, 6) is 1.20. The van der Waals surface area contributed by atoms with Crippen molar-refractivity contribution in [1.29, 1.82) is 0 Å². The molecule has 2 aromatic carbocycles. The van der Waals surface area contributed by atoms with E-state index in [9.17, 15) is 4.79 Å². The number of hydrogen-bond acceptors (Lipinski definition) is 8. The molecule has 0 aliphatic rings. The number of fused-ring (bicyclic) bond motifs is 2. The first kappa shape index (κ1) is 24.7. The van der Waals surface area contributed by atoms with Crippen molar-refractivity contribution < 1.29 is 14.3 Å². The summed E-state index contributed by atoms with van der Waals surface area (Å²) in [5, 5.41) is 14.7. The van der Waals surface area contributed by atoms with Crippen LogP contribution in [0.4, 0.5) is 5.82 Å². The molecule has 9 nitrogen and oxygen atoms in total. The summed E-state index contributed by atoms with van der Waals surface area (Å²) in [5.41, 5.74) is 0.727. The molecule has 0 saturated carbocycles. The van der Waals surface area contributed by atoms with E-state index in [1.807, 2.05) is 42.5 Å². The fourth-order valence-electron chi connectivity index (χ4n) is 3.53. The third kappa shape index (κ3) is 6.61. The first-order valence-corrected chi connectivity index (χ1v) is 12.4. The first-order chi connectivity index (χ1) is 17.0. The zero-order chi connectivity index (χ0) is 24.6. The molecule has 2 aromatic heterocycles. The van der Waals surface area contributed by atoms with Gasteiger partial charge in [-0.05, 0) is 22.9 Å². The van der Waals surface area contributed by atoms with Crippen LogP contribution in [0.5, 0.6) is 5.75 Å². The van der Waals surface area contributed by atoms with Gasteiger partial charge >= 0.3 is 0 Å². The van der Waals surface area contributed by atoms with E-state index in [1.54, 1.807) is 29.8 Å². The maximum absolute atomic E-state index is 12.3. The van der Waals surface area contributed by atoms with E-state index in [-0.39, 0.29) is 12.5 Å². The van der Waals surface area contributed by atoms with Gasteiger partial charge in [-0.25, -0.2) is 14.6 Å². The van der Waals surface area contributed by atoms with Gasteiger partial charge < -0.3 is 20.1 Å². The van der Waals surface area contributed by atoms with Crippen molar-refractivity contribution in [2.24, 2.45) is 0 Å². The minimum atomic E-state index is -0.192. The summed E-state index contributed by atoms with van der Waals surface area (Å²) in [6.07, 6.45) is 1.75. The van der Waals surface area contributed by atoms with Crippen molar-refractivity contribution >= 4 is 45.3 Å². The Kier molecular flexibility index (Phi) is 8.38. The number of aromatic nitrogens is 4. The lowest BCUT2D eigenvalue weighted by atomic mass is 10.1. The molecule has 0 fully saturated rings. The Bertz CT molecular complexity index is 1290. The lowest BCUT2D eigenvalue weighted by Gasteiger charge is -2.11. The van der Waals surface area contributed by atoms with Crippen LogP contribution in [0.1, 0.15) is 13.8 Å². The number of carbonyl (C=O) groups excluding carboxylic acids is 1. The Morgan fingerprint density at radius 1 is 1.11 bits per heavy atom. The SMILES string of the molecule is COCCNc1nc(SC(C)C)nc2c1cnn2CCNC(=O)COc1ccc2ccccc2c1. The van der Waals surface area contributed by atoms with Crippen LogP contribution in [0.25, 0.3) is 21.8 Å². The highest BCUT2D eigenvalue weighted by Crippen LogP contribution is 2.26. The molecule has 10 heteroatoms. The second-order valence-corrected chi connectivity index (χ2v) is 9.74. The fourth-order valence-corrected chi connectivity index (χ4v) is 4.23. The van der Waals surface area contributed by atoms with Gasteiger partial charge in [-0.1, -0.05) is 55.9 Å². The Balaban J connectivity index is 1.36. The number of ether oxygens (including phenoxy) is 2. The third-order valence-electron chi connectivity index (χ3n) is 5.15. The quantitative estimate of drug-likeness (QED) is 0.174. The van der Waals surface area contributed by atoms with Crippen molar-refractivity contribution in [3.05, 3.63) is 48.7 Å². The highest BCUT2D eigenvalue weighted by molar-refractivity contribution is 7.99. The lowest BCUT2D eigenvalue weighted by molar-refractivity contribution is -0.123. The van der Waals surface area contributed by atoms with Crippen molar-refractivity contribution in [2.75, 3.05) is 38.7 Å². The summed E-state index contributed by atoms with van der Waals surface area (Å²) in [6.45, 7) is 6.23. The zero-order valence-corrected chi connectivity index (χ0v) is 21.0. The minimum absolute atomic E-state index is 0.0525. The van der Waals surface area contributed by atoms with Gasteiger partial charge in [0.15, 0.2) is 17.4 Å². The largest absolute Gasteiger partial charge is 0.484 e. The van der Waals surface area contributed by atoms with Crippen LogP contribution in [0.2, 0.25) is 0 Å². The van der Waals surface area contributed by atoms with Gasteiger partial charge in [-0.3, -0.25) is 4.79 Å². The highest BCUT2D eigenvalue weighted by Gasteiger charge is 2.14. The van der Waals surface area contributed by atoms with Gasteiger partial charge in [-0.15, -0.1) is 0 Å². The van der Waals surface area contributed by atoms with Crippen LogP contribution >= 0.6 is 11.8 Å². The lowest BCUT2D eigenvalue weighted by Crippen LogP contribution is -2.31. The maximum atomic E-state index is 12.3. The molecule has 4 rings (SSSR count). The molecule has 2 N–H and O–H groups in total. The smallest absolute Gasteiger partial charge is 0.258 e. The van der Waals surface area contributed by atoms with Gasteiger partial charge in [0.05, 0.1) is 24.7 Å². The number of thioether (sulfide) groups is 1. The number of nitrogens with zero attached hydrogens (tertiary/aromatic N) is 4. The maximum Gasteiger partial charge on any atom is 0.258 e. The minimum Gasteiger partial charge on any atom is -0.484 e. The van der Waals surface area contributed by atoms with Gasteiger partial charge in [0.1, 0.15) is 11.6 Å². The molecule has 2 heterocycles. The van der Waals surface area contributed by atoms with Gasteiger partial charge in [-0.2, -0.15) is 5.10 Å². The number of methoxy groups -OCH3 is 1. The predicted molar refractivity (Wildman–Crippen MR) is 139 cm³/mol.